The van der Waals surface area contributed by atoms with E-state index in [-0.39, 0.29) is 5.92 Å². The summed E-state index contributed by atoms with van der Waals surface area (Å²) in [5.74, 6) is 1.24. The third kappa shape index (κ3) is 3.94. The van der Waals surface area contributed by atoms with Gasteiger partial charge in [-0.1, -0.05) is 0 Å². The molecule has 2 aromatic rings. The summed E-state index contributed by atoms with van der Waals surface area (Å²) in [5, 5.41) is 0. The highest BCUT2D eigenvalue weighted by molar-refractivity contribution is 5.66. The van der Waals surface area contributed by atoms with Crippen molar-refractivity contribution in [2.24, 2.45) is 0 Å². The third-order valence-corrected chi connectivity index (χ3v) is 6.42. The fourth-order valence-corrected chi connectivity index (χ4v) is 4.63. The monoisotopic (exact) mass is 434 g/mol. The van der Waals surface area contributed by atoms with Gasteiger partial charge in [0.15, 0.2) is 0 Å². The van der Waals surface area contributed by atoms with Crippen molar-refractivity contribution in [1.29, 1.82) is 0 Å². The molecule has 166 valence electrons. The van der Waals surface area contributed by atoms with E-state index < -0.39 is 17.6 Å². The Morgan fingerprint density at radius 3 is 2.61 bits per heavy atom. The Balaban J connectivity index is 1.46. The number of nitrogen functional groups attached to an aromatic ring is 1. The molecule has 4 heterocycles. The quantitative estimate of drug-likeness (QED) is 0.749. The lowest BCUT2D eigenvalue weighted by Crippen LogP contribution is -2.47. The van der Waals surface area contributed by atoms with E-state index in [2.05, 4.69) is 19.8 Å². The maximum Gasteiger partial charge on any atom is 0.419 e. The Hall–Kier alpha value is -2.46. The number of fused-ring (bicyclic) bond motifs is 2. The second-order valence-electron chi connectivity index (χ2n) is 8.58. The SMILES string of the molecule is COCCN1C[C@@H]2C[C@H]1CN2c1cc(-c2cnc(N)c(C(F)(F)F)c2)nc(C2CC2)n1. The molecule has 31 heavy (non-hydrogen) atoms. The van der Waals surface area contributed by atoms with Crippen LogP contribution in [0.3, 0.4) is 0 Å². The molecule has 7 nitrogen and oxygen atoms in total. The summed E-state index contributed by atoms with van der Waals surface area (Å²) < 4.78 is 45.2. The zero-order valence-corrected chi connectivity index (χ0v) is 17.3. The van der Waals surface area contributed by atoms with Gasteiger partial charge in [0.2, 0.25) is 0 Å². The number of hydrogen-bond acceptors (Lipinski definition) is 7. The third-order valence-electron chi connectivity index (χ3n) is 6.42. The van der Waals surface area contributed by atoms with Crippen LogP contribution < -0.4 is 10.6 Å². The summed E-state index contributed by atoms with van der Waals surface area (Å²) in [6, 6.07) is 3.61. The minimum absolute atomic E-state index is 0.278. The maximum absolute atomic E-state index is 13.3. The molecular weight excluding hydrogens is 409 g/mol. The average Bonchev–Trinajstić information content (AvgIpc) is 3.41. The van der Waals surface area contributed by atoms with E-state index in [0.29, 0.717) is 35.8 Å². The van der Waals surface area contributed by atoms with Crippen LogP contribution in [0.1, 0.15) is 36.6 Å². The molecule has 10 heteroatoms. The van der Waals surface area contributed by atoms with Crippen LogP contribution in [0.25, 0.3) is 11.3 Å². The molecule has 2 N–H and O–H groups in total. The molecule has 2 aliphatic heterocycles. The summed E-state index contributed by atoms with van der Waals surface area (Å²) in [5.41, 5.74) is 5.30. The second-order valence-corrected chi connectivity index (χ2v) is 8.58. The van der Waals surface area contributed by atoms with Crippen LogP contribution in [0.15, 0.2) is 18.3 Å². The van der Waals surface area contributed by atoms with E-state index in [9.17, 15) is 13.2 Å². The van der Waals surface area contributed by atoms with Crippen LogP contribution in [0.4, 0.5) is 24.8 Å². The van der Waals surface area contributed by atoms with Gasteiger partial charge in [-0.2, -0.15) is 13.2 Å². The molecule has 2 bridgehead atoms. The topological polar surface area (TPSA) is 80.4 Å². The number of halogens is 3. The van der Waals surface area contributed by atoms with Crippen molar-refractivity contribution < 1.29 is 17.9 Å². The summed E-state index contributed by atoms with van der Waals surface area (Å²) in [6.07, 6.45) is -0.136. The highest BCUT2D eigenvalue weighted by atomic mass is 19.4. The Bertz CT molecular complexity index is 980. The van der Waals surface area contributed by atoms with Gasteiger partial charge in [0, 0.05) is 62.6 Å². The van der Waals surface area contributed by atoms with Gasteiger partial charge in [0.05, 0.1) is 17.9 Å². The molecule has 0 aromatic carbocycles. The second kappa shape index (κ2) is 7.59. The van der Waals surface area contributed by atoms with Gasteiger partial charge >= 0.3 is 6.18 Å². The number of nitrogens with two attached hydrogens (primary N) is 1. The summed E-state index contributed by atoms with van der Waals surface area (Å²) >= 11 is 0. The van der Waals surface area contributed by atoms with Crippen LogP contribution in [-0.2, 0) is 10.9 Å². The number of likely N-dealkylation sites (tertiary alicyclic amines) is 1. The van der Waals surface area contributed by atoms with Crippen LogP contribution in [-0.4, -0.2) is 65.3 Å². The van der Waals surface area contributed by atoms with Gasteiger partial charge in [0.1, 0.15) is 17.5 Å². The first-order valence-corrected chi connectivity index (χ1v) is 10.5. The zero-order chi connectivity index (χ0) is 21.8. The van der Waals surface area contributed by atoms with E-state index in [1.807, 2.05) is 0 Å². The number of nitrogens with zero attached hydrogens (tertiary/aromatic N) is 5. The molecule has 0 radical (unpaired) electrons. The van der Waals surface area contributed by atoms with Crippen LogP contribution in [0, 0.1) is 0 Å². The first-order chi connectivity index (χ1) is 14.8. The predicted molar refractivity (Wildman–Crippen MR) is 110 cm³/mol. The minimum Gasteiger partial charge on any atom is -0.383 e. The predicted octanol–water partition coefficient (Wildman–Crippen LogP) is 2.93. The van der Waals surface area contributed by atoms with Gasteiger partial charge in [-0.15, -0.1) is 0 Å². The normalized spacial score (nSPS) is 23.7. The summed E-state index contributed by atoms with van der Waals surface area (Å²) in [4.78, 5) is 17.9. The van der Waals surface area contributed by atoms with Gasteiger partial charge in [0.25, 0.3) is 0 Å². The number of piperazine rings is 1. The Morgan fingerprint density at radius 2 is 1.97 bits per heavy atom. The van der Waals surface area contributed by atoms with Gasteiger partial charge in [-0.25, -0.2) is 15.0 Å². The van der Waals surface area contributed by atoms with Crippen molar-refractivity contribution in [3.8, 4) is 11.3 Å². The van der Waals surface area contributed by atoms with Crippen molar-refractivity contribution in [3.05, 3.63) is 29.7 Å². The lowest BCUT2D eigenvalue weighted by Gasteiger charge is -2.35. The number of methoxy groups -OCH3 is 1. The molecule has 0 spiro atoms. The van der Waals surface area contributed by atoms with E-state index >= 15 is 0 Å². The number of rotatable bonds is 6. The molecule has 2 atom stereocenters. The molecule has 1 saturated carbocycles. The van der Waals surface area contributed by atoms with E-state index in [4.69, 9.17) is 15.5 Å². The summed E-state index contributed by atoms with van der Waals surface area (Å²) in [6.45, 7) is 3.40. The highest BCUT2D eigenvalue weighted by Gasteiger charge is 2.44. The van der Waals surface area contributed by atoms with Crippen molar-refractivity contribution in [1.82, 2.24) is 19.9 Å². The van der Waals surface area contributed by atoms with E-state index in [0.717, 1.165) is 50.8 Å². The summed E-state index contributed by atoms with van der Waals surface area (Å²) in [7, 11) is 1.71. The number of anilines is 2. The largest absolute Gasteiger partial charge is 0.419 e. The Morgan fingerprint density at radius 1 is 1.16 bits per heavy atom. The Labute approximate surface area is 178 Å². The average molecular weight is 434 g/mol. The van der Waals surface area contributed by atoms with Crippen LogP contribution in [0.2, 0.25) is 0 Å². The molecule has 2 saturated heterocycles. The standard InChI is InChI=1S/C21H25F3N6O/c1-31-5-4-29-10-15-7-14(29)11-30(15)18-8-17(27-20(28-18)12-2-3-12)13-6-16(21(22,23)24)19(25)26-9-13/h6,8-9,12,14-15H,2-5,7,10-11H2,1H3,(H2,25,26)/t14-,15-/m0/s1. The van der Waals surface area contributed by atoms with Crippen molar-refractivity contribution in [2.75, 3.05) is 44.0 Å². The molecule has 0 unspecified atom stereocenters. The fourth-order valence-electron chi connectivity index (χ4n) is 4.63. The van der Waals surface area contributed by atoms with Crippen molar-refractivity contribution in [3.63, 3.8) is 0 Å². The number of ether oxygens (including phenoxy) is 1. The van der Waals surface area contributed by atoms with Gasteiger partial charge in [-0.3, -0.25) is 4.90 Å². The van der Waals surface area contributed by atoms with E-state index in [1.165, 1.54) is 6.20 Å². The lowest BCUT2D eigenvalue weighted by atomic mass is 10.1. The van der Waals surface area contributed by atoms with Crippen LogP contribution in [0.5, 0.6) is 0 Å². The molecule has 1 aliphatic carbocycles. The molecule has 3 aliphatic rings. The number of hydrogen-bond donors (Lipinski definition) is 1. The van der Waals surface area contributed by atoms with Gasteiger partial charge < -0.3 is 15.4 Å². The van der Waals surface area contributed by atoms with Crippen molar-refractivity contribution >= 4 is 11.6 Å². The Kier molecular flexibility index (Phi) is 5.01. The smallest absolute Gasteiger partial charge is 0.383 e. The first-order valence-electron chi connectivity index (χ1n) is 10.5. The molecule has 3 fully saturated rings. The van der Waals surface area contributed by atoms with Crippen molar-refractivity contribution in [2.45, 2.75) is 43.4 Å². The highest BCUT2D eigenvalue weighted by Crippen LogP contribution is 2.42. The van der Waals surface area contributed by atoms with E-state index in [1.54, 1.807) is 13.2 Å². The zero-order valence-electron chi connectivity index (χ0n) is 17.3. The first kappa shape index (κ1) is 20.4. The number of pyridine rings is 1. The fraction of sp³-hybridized carbons (Fsp3) is 0.571. The number of alkyl halides is 3. The number of aromatic nitrogens is 3. The minimum atomic E-state index is -4.57. The molecule has 5 rings (SSSR count). The van der Waals surface area contributed by atoms with Crippen LogP contribution >= 0.6 is 0 Å². The maximum atomic E-state index is 13.3. The molecular formula is C21H25F3N6O. The molecule has 2 aromatic heterocycles. The van der Waals surface area contributed by atoms with Gasteiger partial charge in [-0.05, 0) is 25.3 Å². The molecule has 0 amide bonds. The lowest BCUT2D eigenvalue weighted by molar-refractivity contribution is -0.137.